The molecule has 0 spiro atoms. The van der Waals surface area contributed by atoms with E-state index in [9.17, 15) is 19.2 Å². The van der Waals surface area contributed by atoms with E-state index in [0.717, 1.165) is 41.4 Å². The number of nitrogens with one attached hydrogen (secondary N) is 4. The number of benzene rings is 1. The Morgan fingerprint density at radius 2 is 1.60 bits per heavy atom. The number of carbonyl (C=O) groups is 4. The minimum Gasteiger partial charge on any atom is -0.453 e. The minimum absolute atomic E-state index is 0.0104. The number of aromatic nitrogens is 4. The summed E-state index contributed by atoms with van der Waals surface area (Å²) < 4.78 is 11.2. The van der Waals surface area contributed by atoms with Crippen molar-refractivity contribution in [1.82, 2.24) is 30.6 Å². The fourth-order valence-corrected chi connectivity index (χ4v) is 8.07. The molecule has 2 amide bonds. The zero-order chi connectivity index (χ0) is 31.8. The van der Waals surface area contributed by atoms with Gasteiger partial charge in [0.15, 0.2) is 11.0 Å². The van der Waals surface area contributed by atoms with Crippen LogP contribution in [0.1, 0.15) is 29.7 Å². The summed E-state index contributed by atoms with van der Waals surface area (Å²) in [6, 6.07) is 9.89. The van der Waals surface area contributed by atoms with E-state index in [1.807, 2.05) is 18.2 Å². The maximum atomic E-state index is 12.3. The number of methoxy groups -OCH3 is 2. The third kappa shape index (κ3) is 8.96. The number of carbonyl (C=O) groups excluding carboxylic acids is 4. The van der Waals surface area contributed by atoms with Crippen LogP contribution < -0.4 is 21.8 Å². The highest BCUT2D eigenvalue weighted by molar-refractivity contribution is 7.65. The van der Waals surface area contributed by atoms with Crippen molar-refractivity contribution in [3.63, 3.8) is 0 Å². The van der Waals surface area contributed by atoms with Crippen LogP contribution in [0.4, 0.5) is 9.59 Å². The van der Waals surface area contributed by atoms with Crippen LogP contribution in [0.2, 0.25) is 0 Å². The Morgan fingerprint density at radius 1 is 0.867 bits per heavy atom. The monoisotopic (exact) mass is 682 g/mol. The van der Waals surface area contributed by atoms with Gasteiger partial charge in [0.05, 0.1) is 46.9 Å². The van der Waals surface area contributed by atoms with Gasteiger partial charge < -0.3 is 30.1 Å². The highest BCUT2D eigenvalue weighted by Gasteiger charge is 2.13. The summed E-state index contributed by atoms with van der Waals surface area (Å²) in [7, 11) is 2.36. The first-order valence-corrected chi connectivity index (χ1v) is 17.3. The number of rotatable bonds is 12. The molecule has 4 heterocycles. The molecule has 0 bridgehead atoms. The average molecular weight is 683 g/mol. The van der Waals surface area contributed by atoms with Gasteiger partial charge in [-0.1, -0.05) is 11.8 Å². The standard InChI is InChI=1S/C29H28N6O6P2S2/c1-40-28(38)30-10-3-4-24(36)43-27-33-18-8-6-16(12-19(18)34-27)5-7-17-13-22-23(44-17)14-21(45-22)20-15-32-26(35-20)42-25(37)9-11-31-29(39)41-2/h6,8,12-15,42-43H,3-4,9-11H2,1-2H3,(H,30,38)(H,31,39)(H,32,35)(H,33,34). The van der Waals surface area contributed by atoms with Crippen LogP contribution in [-0.2, 0) is 19.1 Å². The summed E-state index contributed by atoms with van der Waals surface area (Å²) in [5.41, 5.74) is 4.56. The van der Waals surface area contributed by atoms with E-state index in [-0.39, 0.29) is 41.2 Å². The Labute approximate surface area is 269 Å². The number of thiophene rings is 2. The molecule has 0 aliphatic carbocycles. The number of aromatic amines is 2. The quantitative estimate of drug-likeness (QED) is 0.0864. The van der Waals surface area contributed by atoms with E-state index in [2.05, 4.69) is 64.0 Å². The Balaban J connectivity index is 1.16. The fourth-order valence-electron chi connectivity index (χ4n) is 4.07. The number of imidazole rings is 2. The lowest BCUT2D eigenvalue weighted by molar-refractivity contribution is -0.112. The Bertz CT molecular complexity index is 1900. The summed E-state index contributed by atoms with van der Waals surface area (Å²) in [5.74, 6) is 6.48. The van der Waals surface area contributed by atoms with Gasteiger partial charge in [-0.15, -0.1) is 22.7 Å². The SMILES string of the molecule is COC(=O)NCCCC(=O)Pc1nc2ccc(C#Cc3cc4sc(-c5cnc(PC(=O)CCNC(=O)OC)[nH]5)cc4s3)cc2[nH]1. The highest BCUT2D eigenvalue weighted by Crippen LogP contribution is 2.37. The van der Waals surface area contributed by atoms with E-state index >= 15 is 0 Å². The number of alkyl carbamates (subject to hydrolysis) is 2. The van der Waals surface area contributed by atoms with E-state index in [0.29, 0.717) is 30.5 Å². The van der Waals surface area contributed by atoms with Gasteiger partial charge in [0.2, 0.25) is 0 Å². The van der Waals surface area contributed by atoms with Gasteiger partial charge >= 0.3 is 12.2 Å². The molecule has 0 saturated heterocycles. The zero-order valence-corrected chi connectivity index (χ0v) is 27.8. The molecule has 2 atom stereocenters. The number of hydrogen-bond acceptors (Lipinski definition) is 10. The minimum atomic E-state index is -0.560. The Kier molecular flexibility index (Phi) is 10.9. The number of amides is 2. The lowest BCUT2D eigenvalue weighted by Crippen LogP contribution is -2.25. The van der Waals surface area contributed by atoms with Crippen LogP contribution in [0.25, 0.3) is 31.0 Å². The van der Waals surface area contributed by atoms with Gasteiger partial charge in [0, 0.05) is 58.1 Å². The molecule has 4 N–H and O–H groups in total. The molecule has 0 aliphatic rings. The third-order valence-electron chi connectivity index (χ3n) is 6.22. The van der Waals surface area contributed by atoms with Crippen LogP contribution in [0.3, 0.4) is 0 Å². The molecule has 5 rings (SSSR count). The summed E-state index contributed by atoms with van der Waals surface area (Å²) in [4.78, 5) is 64.1. The molecule has 4 aromatic heterocycles. The molecule has 232 valence electrons. The van der Waals surface area contributed by atoms with Crippen LogP contribution in [0.5, 0.6) is 0 Å². The normalized spacial score (nSPS) is 11.3. The fraction of sp³-hybridized carbons (Fsp3) is 0.241. The molecular weight excluding hydrogens is 654 g/mol. The van der Waals surface area contributed by atoms with E-state index in [1.54, 1.807) is 28.9 Å². The van der Waals surface area contributed by atoms with Gasteiger partial charge in [0.25, 0.3) is 0 Å². The zero-order valence-electron chi connectivity index (χ0n) is 24.2. The number of H-pyrrole nitrogens is 2. The van der Waals surface area contributed by atoms with E-state index in [4.69, 9.17) is 0 Å². The molecule has 45 heavy (non-hydrogen) atoms. The first-order chi connectivity index (χ1) is 21.8. The molecule has 0 saturated carbocycles. The molecule has 2 unspecified atom stereocenters. The lowest BCUT2D eigenvalue weighted by atomic mass is 10.2. The summed E-state index contributed by atoms with van der Waals surface area (Å²) >= 11 is 3.23. The number of nitrogens with zero attached hydrogens (tertiary/aromatic N) is 2. The third-order valence-corrected chi connectivity index (χ3v) is 10.5. The molecule has 0 fully saturated rings. The largest absolute Gasteiger partial charge is 0.453 e. The Hall–Kier alpha value is -4.14. The van der Waals surface area contributed by atoms with Crippen LogP contribution in [0, 0.1) is 11.8 Å². The second-order valence-corrected chi connectivity index (χ2v) is 14.2. The molecule has 0 aliphatic heterocycles. The smallest absolute Gasteiger partial charge is 0.406 e. The average Bonchev–Trinajstić information content (AvgIpc) is 3.81. The molecule has 16 heteroatoms. The number of fused-ring (bicyclic) bond motifs is 2. The molecular formula is C29H28N6O6P2S2. The van der Waals surface area contributed by atoms with Gasteiger partial charge in [-0.05, 0) is 36.8 Å². The van der Waals surface area contributed by atoms with Gasteiger partial charge in [0.1, 0.15) is 11.1 Å². The summed E-state index contributed by atoms with van der Waals surface area (Å²) in [6.07, 6.45) is 1.76. The van der Waals surface area contributed by atoms with Crippen LogP contribution in [-0.4, -0.2) is 70.5 Å². The second kappa shape index (κ2) is 15.2. The number of hydrogen-bond donors (Lipinski definition) is 4. The first kappa shape index (κ1) is 32.3. The Morgan fingerprint density at radius 3 is 2.38 bits per heavy atom. The molecule has 0 radical (unpaired) electrons. The van der Waals surface area contributed by atoms with Crippen LogP contribution in [0.15, 0.2) is 36.5 Å². The van der Waals surface area contributed by atoms with E-state index in [1.165, 1.54) is 14.2 Å². The van der Waals surface area contributed by atoms with Crippen molar-refractivity contribution in [1.29, 1.82) is 0 Å². The van der Waals surface area contributed by atoms with E-state index < -0.39 is 12.2 Å². The second-order valence-electron chi connectivity index (χ2n) is 9.45. The maximum Gasteiger partial charge on any atom is 0.406 e. The summed E-state index contributed by atoms with van der Waals surface area (Å²) in [5, 5.41) is 5.06. The van der Waals surface area contributed by atoms with Crippen molar-refractivity contribution in [3.05, 3.63) is 47.0 Å². The predicted molar refractivity (Wildman–Crippen MR) is 180 cm³/mol. The first-order valence-electron chi connectivity index (χ1n) is 13.6. The van der Waals surface area contributed by atoms with Crippen molar-refractivity contribution in [3.8, 4) is 22.4 Å². The molecule has 12 nitrogen and oxygen atoms in total. The van der Waals surface area contributed by atoms with Crippen molar-refractivity contribution in [2.75, 3.05) is 27.3 Å². The highest BCUT2D eigenvalue weighted by atomic mass is 32.1. The van der Waals surface area contributed by atoms with Crippen molar-refractivity contribution in [2.24, 2.45) is 0 Å². The van der Waals surface area contributed by atoms with Crippen molar-refractivity contribution >= 4 is 94.6 Å². The molecule has 5 aromatic rings. The topological polar surface area (TPSA) is 168 Å². The lowest BCUT2D eigenvalue weighted by Gasteiger charge is -2.02. The number of ether oxygens (including phenoxy) is 2. The van der Waals surface area contributed by atoms with Crippen molar-refractivity contribution < 1.29 is 28.7 Å². The van der Waals surface area contributed by atoms with Crippen molar-refractivity contribution in [2.45, 2.75) is 19.3 Å². The predicted octanol–water partition coefficient (Wildman–Crippen LogP) is 4.17. The summed E-state index contributed by atoms with van der Waals surface area (Å²) in [6.45, 7) is 0.602. The van der Waals surface area contributed by atoms with Crippen LogP contribution >= 0.6 is 39.8 Å². The van der Waals surface area contributed by atoms with Gasteiger partial charge in [-0.25, -0.2) is 19.6 Å². The van der Waals surface area contributed by atoms with Gasteiger partial charge in [-0.3, -0.25) is 9.59 Å². The van der Waals surface area contributed by atoms with Gasteiger partial charge in [-0.2, -0.15) is 0 Å². The maximum absolute atomic E-state index is 12.3. The molecule has 1 aromatic carbocycles.